The van der Waals surface area contributed by atoms with Gasteiger partial charge in [0.2, 0.25) is 5.91 Å². The molecule has 3 N–H and O–H groups in total. The Hall–Kier alpha value is -2.74. The molecule has 1 aromatic carbocycles. The molecular formula is C19H23FN4O3. The van der Waals surface area contributed by atoms with E-state index in [2.05, 4.69) is 20.9 Å². The monoisotopic (exact) mass is 374 g/mol. The number of anilines is 1. The standard InChI is InChI=1S/C19H23FN4O3/c20-15-4-3-13-12-22-17(11-14(13)10-15)24-19(26)27-9-1-2-18(25)23-16-5-7-21-8-6-16/h3-4,10-12,16,21H,1-2,5-9H2,(H,23,25)(H,22,24,26). The number of piperidine rings is 1. The molecule has 2 aromatic rings. The van der Waals surface area contributed by atoms with Crippen LogP contribution >= 0.6 is 0 Å². The van der Waals surface area contributed by atoms with Gasteiger partial charge >= 0.3 is 6.09 Å². The predicted octanol–water partition coefficient (Wildman–Crippen LogP) is 2.57. The molecule has 1 fully saturated rings. The van der Waals surface area contributed by atoms with Crippen LogP contribution in [0.5, 0.6) is 0 Å². The van der Waals surface area contributed by atoms with E-state index >= 15 is 0 Å². The van der Waals surface area contributed by atoms with Crippen molar-refractivity contribution in [1.82, 2.24) is 15.6 Å². The van der Waals surface area contributed by atoms with Crippen LogP contribution < -0.4 is 16.0 Å². The molecule has 8 heteroatoms. The summed E-state index contributed by atoms with van der Waals surface area (Å²) in [6, 6.07) is 6.15. The molecule has 1 aromatic heterocycles. The Kier molecular flexibility index (Phi) is 6.54. The first-order chi connectivity index (χ1) is 13.1. The summed E-state index contributed by atoms with van der Waals surface area (Å²) in [6.07, 6.45) is 3.53. The van der Waals surface area contributed by atoms with Gasteiger partial charge in [0, 0.05) is 24.0 Å². The summed E-state index contributed by atoms with van der Waals surface area (Å²) >= 11 is 0. The van der Waals surface area contributed by atoms with Gasteiger partial charge < -0.3 is 15.4 Å². The SMILES string of the molecule is O=C(CCCOC(=O)Nc1cc2cc(F)ccc2cn1)NC1CCNCC1. The van der Waals surface area contributed by atoms with Crippen LogP contribution in [-0.2, 0) is 9.53 Å². The number of benzene rings is 1. The molecule has 0 spiro atoms. The molecule has 0 aliphatic carbocycles. The Morgan fingerprint density at radius 3 is 2.85 bits per heavy atom. The minimum absolute atomic E-state index is 0.0240. The molecule has 1 aliphatic rings. The number of rotatable bonds is 6. The van der Waals surface area contributed by atoms with Gasteiger partial charge in [-0.2, -0.15) is 0 Å². The Morgan fingerprint density at radius 1 is 1.22 bits per heavy atom. The van der Waals surface area contributed by atoms with Crippen molar-refractivity contribution in [1.29, 1.82) is 0 Å². The van der Waals surface area contributed by atoms with E-state index in [1.807, 2.05) is 0 Å². The number of hydrogen-bond donors (Lipinski definition) is 3. The van der Waals surface area contributed by atoms with Gasteiger partial charge in [-0.25, -0.2) is 14.2 Å². The van der Waals surface area contributed by atoms with Crippen LogP contribution in [0.15, 0.2) is 30.5 Å². The summed E-state index contributed by atoms with van der Waals surface area (Å²) in [5.41, 5.74) is 0. The number of halogens is 1. The summed E-state index contributed by atoms with van der Waals surface area (Å²) in [5, 5.41) is 10.2. The largest absolute Gasteiger partial charge is 0.449 e. The van der Waals surface area contributed by atoms with E-state index in [0.29, 0.717) is 18.2 Å². The molecule has 7 nitrogen and oxygen atoms in total. The highest BCUT2D eigenvalue weighted by Gasteiger charge is 2.15. The van der Waals surface area contributed by atoms with Gasteiger partial charge in [0.1, 0.15) is 11.6 Å². The highest BCUT2D eigenvalue weighted by molar-refractivity contribution is 5.89. The van der Waals surface area contributed by atoms with E-state index in [-0.39, 0.29) is 30.2 Å². The maximum Gasteiger partial charge on any atom is 0.412 e. The molecule has 3 rings (SSSR count). The van der Waals surface area contributed by atoms with E-state index in [4.69, 9.17) is 4.74 Å². The fourth-order valence-corrected chi connectivity index (χ4v) is 2.98. The van der Waals surface area contributed by atoms with Gasteiger partial charge in [-0.3, -0.25) is 10.1 Å². The van der Waals surface area contributed by atoms with E-state index in [9.17, 15) is 14.0 Å². The summed E-state index contributed by atoms with van der Waals surface area (Å²) in [7, 11) is 0. The maximum absolute atomic E-state index is 13.3. The zero-order valence-corrected chi connectivity index (χ0v) is 15.0. The van der Waals surface area contributed by atoms with Gasteiger partial charge in [-0.05, 0) is 62.0 Å². The van der Waals surface area contributed by atoms with Crippen LogP contribution in [0.4, 0.5) is 15.0 Å². The van der Waals surface area contributed by atoms with Gasteiger partial charge in [0.25, 0.3) is 0 Å². The Morgan fingerprint density at radius 2 is 2.04 bits per heavy atom. The summed E-state index contributed by atoms with van der Waals surface area (Å²) in [6.45, 7) is 1.97. The number of amides is 2. The Balaban J connectivity index is 1.37. The fraction of sp³-hybridized carbons (Fsp3) is 0.421. The third-order valence-corrected chi connectivity index (χ3v) is 4.40. The third kappa shape index (κ3) is 5.89. The molecule has 1 saturated heterocycles. The minimum Gasteiger partial charge on any atom is -0.449 e. The van der Waals surface area contributed by atoms with Crippen molar-refractivity contribution in [2.45, 2.75) is 31.7 Å². The molecule has 0 saturated carbocycles. The summed E-state index contributed by atoms with van der Waals surface area (Å²) in [5.74, 6) is -0.101. The Labute approximate surface area is 156 Å². The molecule has 0 radical (unpaired) electrons. The second kappa shape index (κ2) is 9.27. The number of carbonyl (C=O) groups excluding carboxylic acids is 2. The second-order valence-corrected chi connectivity index (χ2v) is 6.52. The highest BCUT2D eigenvalue weighted by atomic mass is 19.1. The third-order valence-electron chi connectivity index (χ3n) is 4.40. The molecule has 0 bridgehead atoms. The van der Waals surface area contributed by atoms with Crippen LogP contribution in [-0.4, -0.2) is 42.7 Å². The van der Waals surface area contributed by atoms with Crippen molar-refractivity contribution in [3.05, 3.63) is 36.3 Å². The number of carbonyl (C=O) groups is 2. The van der Waals surface area contributed by atoms with Gasteiger partial charge in [-0.1, -0.05) is 0 Å². The molecule has 1 aliphatic heterocycles. The first kappa shape index (κ1) is 19.0. The molecule has 0 unspecified atom stereocenters. The van der Waals surface area contributed by atoms with Crippen LogP contribution in [0.2, 0.25) is 0 Å². The molecule has 2 amide bonds. The average molecular weight is 374 g/mol. The topological polar surface area (TPSA) is 92.4 Å². The van der Waals surface area contributed by atoms with E-state index in [1.165, 1.54) is 12.1 Å². The average Bonchev–Trinajstić information content (AvgIpc) is 2.66. The molecular weight excluding hydrogens is 351 g/mol. The quantitative estimate of drug-likeness (QED) is 0.676. The zero-order chi connectivity index (χ0) is 19.1. The summed E-state index contributed by atoms with van der Waals surface area (Å²) in [4.78, 5) is 27.8. The zero-order valence-electron chi connectivity index (χ0n) is 15.0. The van der Waals surface area contributed by atoms with Crippen LogP contribution in [0.25, 0.3) is 10.8 Å². The lowest BCUT2D eigenvalue weighted by molar-refractivity contribution is -0.122. The maximum atomic E-state index is 13.3. The first-order valence-corrected chi connectivity index (χ1v) is 9.09. The first-order valence-electron chi connectivity index (χ1n) is 9.09. The number of pyridine rings is 1. The molecule has 27 heavy (non-hydrogen) atoms. The van der Waals surface area contributed by atoms with Gasteiger partial charge in [0.05, 0.1) is 6.61 Å². The number of ether oxygens (including phenoxy) is 1. The highest BCUT2D eigenvalue weighted by Crippen LogP contribution is 2.18. The lowest BCUT2D eigenvalue weighted by Gasteiger charge is -2.23. The molecule has 144 valence electrons. The van der Waals surface area contributed by atoms with Crippen LogP contribution in [0.3, 0.4) is 0 Å². The fourth-order valence-electron chi connectivity index (χ4n) is 2.98. The van der Waals surface area contributed by atoms with E-state index < -0.39 is 6.09 Å². The number of nitrogens with one attached hydrogen (secondary N) is 3. The second-order valence-electron chi connectivity index (χ2n) is 6.52. The van der Waals surface area contributed by atoms with Gasteiger partial charge in [-0.15, -0.1) is 0 Å². The van der Waals surface area contributed by atoms with E-state index in [0.717, 1.165) is 31.3 Å². The number of hydrogen-bond acceptors (Lipinski definition) is 5. The predicted molar refractivity (Wildman–Crippen MR) is 99.9 cm³/mol. The normalized spacial score (nSPS) is 14.7. The van der Waals surface area contributed by atoms with E-state index in [1.54, 1.807) is 18.3 Å². The number of aromatic nitrogens is 1. The van der Waals surface area contributed by atoms with Crippen molar-refractivity contribution < 1.29 is 18.7 Å². The Bertz CT molecular complexity index is 809. The van der Waals surface area contributed by atoms with Gasteiger partial charge in [0.15, 0.2) is 0 Å². The number of nitrogens with zero attached hydrogens (tertiary/aromatic N) is 1. The lowest BCUT2D eigenvalue weighted by Crippen LogP contribution is -2.42. The molecule has 2 heterocycles. The minimum atomic E-state index is -0.656. The van der Waals surface area contributed by atoms with Crippen molar-refractivity contribution in [3.63, 3.8) is 0 Å². The molecule has 0 atom stereocenters. The van der Waals surface area contributed by atoms with Crippen molar-refractivity contribution in [2.24, 2.45) is 0 Å². The smallest absolute Gasteiger partial charge is 0.412 e. The lowest BCUT2D eigenvalue weighted by atomic mass is 10.1. The van der Waals surface area contributed by atoms with Crippen LogP contribution in [0.1, 0.15) is 25.7 Å². The van der Waals surface area contributed by atoms with Crippen molar-refractivity contribution in [3.8, 4) is 0 Å². The number of fused-ring (bicyclic) bond motifs is 1. The summed E-state index contributed by atoms with van der Waals surface area (Å²) < 4.78 is 18.3. The van der Waals surface area contributed by atoms with Crippen molar-refractivity contribution in [2.75, 3.05) is 25.0 Å². The van der Waals surface area contributed by atoms with Crippen molar-refractivity contribution >= 4 is 28.6 Å². The van der Waals surface area contributed by atoms with Crippen LogP contribution in [0, 0.1) is 5.82 Å².